The minimum atomic E-state index is -0.474. The number of aliphatic hydroxyl groups excluding tert-OH is 1. The summed E-state index contributed by atoms with van der Waals surface area (Å²) in [5, 5.41) is 21.5. The van der Waals surface area contributed by atoms with Gasteiger partial charge in [-0.05, 0) is 25.5 Å². The van der Waals surface area contributed by atoms with Crippen LogP contribution in [0.4, 0.5) is 11.6 Å². The van der Waals surface area contributed by atoms with Crippen molar-refractivity contribution < 1.29 is 9.52 Å². The topological polar surface area (TPSA) is 158 Å². The molecule has 1 aliphatic carbocycles. The number of nitrogen functional groups attached to an aromatic ring is 1. The lowest BCUT2D eigenvalue weighted by atomic mass is 10.2. The molecule has 0 bridgehead atoms. The third-order valence-corrected chi connectivity index (χ3v) is 6.03. The standard InChI is InChI=1S/C21H21ClN8O3/c1-9(26-18-16(17(23)24-8-25-18)20-29-28-10(2)33-20)19-27-13-5-3-4-12(22)15(13)21(32)30(19)14-6-11(14)7-31/h3-5,8-9,11,14,31H,6-7H2,1-2H3,(H3,23,24,25,26)/t9-,11?,14?/m0/s1. The molecule has 0 spiro atoms. The quantitative estimate of drug-likeness (QED) is 0.383. The van der Waals surface area contributed by atoms with Gasteiger partial charge in [0.2, 0.25) is 5.89 Å². The zero-order chi connectivity index (χ0) is 23.3. The molecule has 3 heterocycles. The van der Waals surface area contributed by atoms with Crippen LogP contribution >= 0.6 is 11.6 Å². The van der Waals surface area contributed by atoms with Gasteiger partial charge in [-0.1, -0.05) is 17.7 Å². The van der Waals surface area contributed by atoms with Crippen molar-refractivity contribution >= 4 is 34.1 Å². The second-order valence-corrected chi connectivity index (χ2v) is 8.41. The van der Waals surface area contributed by atoms with Gasteiger partial charge in [0, 0.05) is 25.5 Å². The summed E-state index contributed by atoms with van der Waals surface area (Å²) in [7, 11) is 0. The van der Waals surface area contributed by atoms with Crippen LogP contribution in [0.15, 0.2) is 33.7 Å². The Morgan fingerprint density at radius 2 is 2.18 bits per heavy atom. The summed E-state index contributed by atoms with van der Waals surface area (Å²) >= 11 is 6.33. The maximum absolute atomic E-state index is 13.5. The minimum Gasteiger partial charge on any atom is -0.421 e. The summed E-state index contributed by atoms with van der Waals surface area (Å²) in [5.74, 6) is 1.56. The van der Waals surface area contributed by atoms with Gasteiger partial charge >= 0.3 is 0 Å². The van der Waals surface area contributed by atoms with Gasteiger partial charge in [-0.2, -0.15) is 0 Å². The molecule has 1 saturated carbocycles. The largest absolute Gasteiger partial charge is 0.421 e. The van der Waals surface area contributed by atoms with Crippen molar-refractivity contribution in [3.05, 3.63) is 51.6 Å². The van der Waals surface area contributed by atoms with E-state index in [4.69, 9.17) is 26.7 Å². The van der Waals surface area contributed by atoms with Crippen LogP contribution in [0.3, 0.4) is 0 Å². The fourth-order valence-electron chi connectivity index (χ4n) is 3.98. The molecular weight excluding hydrogens is 448 g/mol. The van der Waals surface area contributed by atoms with Crippen molar-refractivity contribution in [2.75, 3.05) is 17.7 Å². The molecule has 1 aliphatic rings. The first kappa shape index (κ1) is 21.3. The van der Waals surface area contributed by atoms with Gasteiger partial charge in [-0.3, -0.25) is 9.36 Å². The van der Waals surface area contributed by atoms with Crippen LogP contribution in [-0.2, 0) is 0 Å². The first-order valence-corrected chi connectivity index (χ1v) is 10.8. The summed E-state index contributed by atoms with van der Waals surface area (Å²) in [6.07, 6.45) is 2.00. The summed E-state index contributed by atoms with van der Waals surface area (Å²) in [6, 6.07) is 4.52. The van der Waals surface area contributed by atoms with Crippen molar-refractivity contribution in [1.82, 2.24) is 29.7 Å². The number of anilines is 2. The SMILES string of the molecule is Cc1nnc(-c2c(N)ncnc2N[C@@H](C)c2nc3cccc(Cl)c3c(=O)n2C2CC2CO)o1. The maximum atomic E-state index is 13.5. The number of aryl methyl sites for hydroxylation is 1. The van der Waals surface area contributed by atoms with Crippen LogP contribution in [0.1, 0.15) is 37.1 Å². The number of hydrogen-bond acceptors (Lipinski definition) is 10. The molecule has 0 amide bonds. The van der Waals surface area contributed by atoms with Crippen molar-refractivity contribution in [2.45, 2.75) is 32.4 Å². The van der Waals surface area contributed by atoms with E-state index in [1.807, 2.05) is 6.92 Å². The Labute approximate surface area is 192 Å². The lowest BCUT2D eigenvalue weighted by Gasteiger charge is -2.21. The predicted molar refractivity (Wildman–Crippen MR) is 122 cm³/mol. The molecule has 11 nitrogen and oxygen atoms in total. The smallest absolute Gasteiger partial charge is 0.263 e. The van der Waals surface area contributed by atoms with Gasteiger partial charge in [0.1, 0.15) is 29.4 Å². The molecule has 3 atom stereocenters. The van der Waals surface area contributed by atoms with E-state index in [9.17, 15) is 9.90 Å². The number of nitrogens with one attached hydrogen (secondary N) is 1. The van der Waals surface area contributed by atoms with E-state index in [1.54, 1.807) is 29.7 Å². The minimum absolute atomic E-state index is 0.0119. The van der Waals surface area contributed by atoms with E-state index >= 15 is 0 Å². The average Bonchev–Trinajstić information content (AvgIpc) is 3.44. The Kier molecular flexibility index (Phi) is 5.22. The van der Waals surface area contributed by atoms with Gasteiger partial charge in [0.05, 0.1) is 22.0 Å². The Bertz CT molecular complexity index is 1420. The van der Waals surface area contributed by atoms with E-state index in [0.717, 1.165) is 0 Å². The number of aliphatic hydroxyl groups is 1. The fraction of sp³-hybridized carbons (Fsp3) is 0.333. The van der Waals surface area contributed by atoms with Crippen LogP contribution < -0.4 is 16.6 Å². The van der Waals surface area contributed by atoms with Crippen molar-refractivity contribution in [3.63, 3.8) is 0 Å². The molecule has 0 aliphatic heterocycles. The molecule has 12 heteroatoms. The Morgan fingerprint density at radius 3 is 2.88 bits per heavy atom. The molecule has 2 unspecified atom stereocenters. The van der Waals surface area contributed by atoms with E-state index in [2.05, 4.69) is 25.5 Å². The van der Waals surface area contributed by atoms with Gasteiger partial charge in [-0.15, -0.1) is 10.2 Å². The molecule has 33 heavy (non-hydrogen) atoms. The van der Waals surface area contributed by atoms with Gasteiger partial charge in [-0.25, -0.2) is 15.0 Å². The molecule has 4 N–H and O–H groups in total. The number of rotatable bonds is 6. The van der Waals surface area contributed by atoms with Crippen molar-refractivity contribution in [1.29, 1.82) is 0 Å². The predicted octanol–water partition coefficient (Wildman–Crippen LogP) is 2.51. The molecule has 3 aromatic heterocycles. The molecule has 4 aromatic rings. The molecule has 1 fully saturated rings. The second-order valence-electron chi connectivity index (χ2n) is 8.00. The summed E-state index contributed by atoms with van der Waals surface area (Å²) in [6.45, 7) is 3.51. The summed E-state index contributed by atoms with van der Waals surface area (Å²) in [5.41, 5.74) is 6.69. The number of nitrogens with zero attached hydrogens (tertiary/aromatic N) is 6. The Balaban J connectivity index is 1.62. The van der Waals surface area contributed by atoms with E-state index in [-0.39, 0.29) is 35.8 Å². The zero-order valence-corrected chi connectivity index (χ0v) is 18.6. The highest BCUT2D eigenvalue weighted by atomic mass is 35.5. The number of nitrogens with two attached hydrogens (primary N) is 1. The molecular formula is C21H21ClN8O3. The maximum Gasteiger partial charge on any atom is 0.263 e. The van der Waals surface area contributed by atoms with Crippen LogP contribution in [0.25, 0.3) is 22.4 Å². The van der Waals surface area contributed by atoms with E-state index in [1.165, 1.54) is 6.33 Å². The van der Waals surface area contributed by atoms with Crippen LogP contribution in [0, 0.1) is 12.8 Å². The molecule has 0 radical (unpaired) electrons. The third-order valence-electron chi connectivity index (χ3n) is 5.71. The normalized spacial score (nSPS) is 18.4. The van der Waals surface area contributed by atoms with Crippen molar-refractivity contribution in [3.8, 4) is 11.5 Å². The molecule has 170 valence electrons. The van der Waals surface area contributed by atoms with Gasteiger partial charge < -0.3 is 20.6 Å². The number of aromatic nitrogens is 6. The molecule has 5 rings (SSSR count). The lowest BCUT2D eigenvalue weighted by Crippen LogP contribution is -2.29. The Hall–Kier alpha value is -3.57. The zero-order valence-electron chi connectivity index (χ0n) is 17.9. The fourth-order valence-corrected chi connectivity index (χ4v) is 4.23. The second kappa shape index (κ2) is 8.09. The molecule has 0 saturated heterocycles. The number of halogens is 1. The lowest BCUT2D eigenvalue weighted by molar-refractivity contribution is 0.267. The van der Waals surface area contributed by atoms with Crippen LogP contribution in [0.5, 0.6) is 0 Å². The van der Waals surface area contributed by atoms with Gasteiger partial charge in [0.15, 0.2) is 0 Å². The summed E-state index contributed by atoms with van der Waals surface area (Å²) in [4.78, 5) is 26.6. The highest BCUT2D eigenvalue weighted by molar-refractivity contribution is 6.35. The van der Waals surface area contributed by atoms with E-state index < -0.39 is 6.04 Å². The molecule has 1 aromatic carbocycles. The summed E-state index contributed by atoms with van der Waals surface area (Å²) < 4.78 is 7.15. The van der Waals surface area contributed by atoms with E-state index in [0.29, 0.717) is 45.4 Å². The highest BCUT2D eigenvalue weighted by Gasteiger charge is 2.41. The monoisotopic (exact) mass is 468 g/mol. The third kappa shape index (κ3) is 3.68. The number of benzene rings is 1. The van der Waals surface area contributed by atoms with Gasteiger partial charge in [0.25, 0.3) is 11.4 Å². The number of fused-ring (bicyclic) bond motifs is 1. The Morgan fingerprint density at radius 1 is 1.36 bits per heavy atom. The highest BCUT2D eigenvalue weighted by Crippen LogP contribution is 2.43. The van der Waals surface area contributed by atoms with Crippen molar-refractivity contribution in [2.24, 2.45) is 5.92 Å². The van der Waals surface area contributed by atoms with Crippen LogP contribution in [0.2, 0.25) is 5.02 Å². The van der Waals surface area contributed by atoms with Crippen LogP contribution in [-0.4, -0.2) is 41.4 Å². The number of hydrogen-bond donors (Lipinski definition) is 3. The average molecular weight is 469 g/mol. The first-order chi connectivity index (χ1) is 15.9. The first-order valence-electron chi connectivity index (χ1n) is 10.4.